The highest BCUT2D eigenvalue weighted by molar-refractivity contribution is 5.95. The van der Waals surface area contributed by atoms with Gasteiger partial charge in [-0.25, -0.2) is 14.6 Å². The van der Waals surface area contributed by atoms with Crippen LogP contribution in [0.1, 0.15) is 53.1 Å². The number of rotatable bonds is 5. The number of aromatic nitrogens is 4. The molecule has 9 heteroatoms. The van der Waals surface area contributed by atoms with Crippen LogP contribution in [-0.4, -0.2) is 44.5 Å². The van der Waals surface area contributed by atoms with Crippen molar-refractivity contribution in [1.82, 2.24) is 25.1 Å². The summed E-state index contributed by atoms with van der Waals surface area (Å²) in [6.07, 6.45) is 3.65. The number of aryl methyl sites for hydroxylation is 3. The van der Waals surface area contributed by atoms with Crippen LogP contribution in [0.4, 0.5) is 5.82 Å². The Balaban J connectivity index is 1.14. The Morgan fingerprint density at radius 2 is 1.73 bits per heavy atom. The zero-order valence-corrected chi connectivity index (χ0v) is 21.2. The van der Waals surface area contributed by atoms with Crippen molar-refractivity contribution in [3.05, 3.63) is 65.1 Å². The molecule has 2 aromatic carbocycles. The van der Waals surface area contributed by atoms with Gasteiger partial charge in [0.05, 0.1) is 16.8 Å². The van der Waals surface area contributed by atoms with E-state index in [1.165, 1.54) is 5.56 Å². The number of hydrogen-bond acceptors (Lipinski definition) is 7. The topological polar surface area (TPSA) is 103 Å². The lowest BCUT2D eigenvalue weighted by atomic mass is 9.91. The van der Waals surface area contributed by atoms with E-state index in [1.54, 1.807) is 18.2 Å². The van der Waals surface area contributed by atoms with Crippen LogP contribution in [-0.2, 0) is 0 Å². The number of nitrogens with zero attached hydrogens (tertiary/aromatic N) is 4. The SMILES string of the molecule is Cc1cccc(-n2nc(C)c3c(NC4CCC(NC(=O)c5ccc6c(c5)OCO6)CC4)nc(C)nc32)c1. The molecule has 1 saturated carbocycles. The van der Waals surface area contributed by atoms with E-state index >= 15 is 0 Å². The van der Waals surface area contributed by atoms with E-state index in [-0.39, 0.29) is 24.8 Å². The van der Waals surface area contributed by atoms with Crippen LogP contribution in [0, 0.1) is 20.8 Å². The summed E-state index contributed by atoms with van der Waals surface area (Å²) in [7, 11) is 0. The molecule has 6 rings (SSSR count). The van der Waals surface area contributed by atoms with E-state index in [4.69, 9.17) is 24.5 Å². The molecule has 1 aliphatic heterocycles. The monoisotopic (exact) mass is 498 g/mol. The quantitative estimate of drug-likeness (QED) is 0.414. The van der Waals surface area contributed by atoms with Crippen LogP contribution in [0.25, 0.3) is 16.7 Å². The Hall–Kier alpha value is -4.14. The minimum Gasteiger partial charge on any atom is -0.454 e. The summed E-state index contributed by atoms with van der Waals surface area (Å²) in [6.45, 7) is 6.18. The summed E-state index contributed by atoms with van der Waals surface area (Å²) in [4.78, 5) is 22.3. The highest BCUT2D eigenvalue weighted by Gasteiger charge is 2.26. The number of hydrogen-bond donors (Lipinski definition) is 2. The predicted octanol–water partition coefficient (Wildman–Crippen LogP) is 4.62. The van der Waals surface area contributed by atoms with Crippen LogP contribution in [0.3, 0.4) is 0 Å². The molecule has 2 aliphatic rings. The maximum Gasteiger partial charge on any atom is 0.251 e. The molecule has 0 saturated heterocycles. The predicted molar refractivity (Wildman–Crippen MR) is 141 cm³/mol. The molecule has 37 heavy (non-hydrogen) atoms. The number of carbonyl (C=O) groups excluding carboxylic acids is 1. The number of nitrogens with one attached hydrogen (secondary N) is 2. The van der Waals surface area contributed by atoms with Gasteiger partial charge in [0, 0.05) is 17.6 Å². The molecular weight excluding hydrogens is 468 g/mol. The Bertz CT molecular complexity index is 1490. The van der Waals surface area contributed by atoms with Crippen molar-refractivity contribution in [2.24, 2.45) is 0 Å². The van der Waals surface area contributed by atoms with E-state index in [1.807, 2.05) is 30.7 Å². The second kappa shape index (κ2) is 9.38. The lowest BCUT2D eigenvalue weighted by Crippen LogP contribution is -2.40. The molecule has 0 bridgehead atoms. The molecule has 4 aromatic rings. The summed E-state index contributed by atoms with van der Waals surface area (Å²) in [5, 5.41) is 12.6. The second-order valence-electron chi connectivity index (χ2n) is 9.89. The van der Waals surface area contributed by atoms with Gasteiger partial charge in [-0.3, -0.25) is 4.79 Å². The van der Waals surface area contributed by atoms with E-state index in [9.17, 15) is 4.79 Å². The van der Waals surface area contributed by atoms with Gasteiger partial charge in [0.15, 0.2) is 17.1 Å². The van der Waals surface area contributed by atoms with Crippen LogP contribution in [0.5, 0.6) is 11.5 Å². The van der Waals surface area contributed by atoms with Gasteiger partial charge in [0.1, 0.15) is 11.6 Å². The molecule has 1 fully saturated rings. The first kappa shape index (κ1) is 23.3. The smallest absolute Gasteiger partial charge is 0.251 e. The summed E-state index contributed by atoms with van der Waals surface area (Å²) >= 11 is 0. The summed E-state index contributed by atoms with van der Waals surface area (Å²) in [5.41, 5.74) is 4.45. The maximum atomic E-state index is 12.8. The van der Waals surface area contributed by atoms with Gasteiger partial charge in [-0.05, 0) is 82.3 Å². The number of fused-ring (bicyclic) bond motifs is 2. The van der Waals surface area contributed by atoms with Gasteiger partial charge in [0.25, 0.3) is 5.91 Å². The number of anilines is 1. The molecule has 190 valence electrons. The van der Waals surface area contributed by atoms with Gasteiger partial charge in [-0.15, -0.1) is 0 Å². The lowest BCUT2D eigenvalue weighted by molar-refractivity contribution is 0.0926. The molecule has 2 N–H and O–H groups in total. The Morgan fingerprint density at radius 3 is 2.54 bits per heavy atom. The molecule has 2 aromatic heterocycles. The second-order valence-corrected chi connectivity index (χ2v) is 9.89. The van der Waals surface area contributed by atoms with Gasteiger partial charge < -0.3 is 20.1 Å². The largest absolute Gasteiger partial charge is 0.454 e. The number of benzene rings is 2. The van der Waals surface area contributed by atoms with Crippen molar-refractivity contribution in [1.29, 1.82) is 0 Å². The van der Waals surface area contributed by atoms with E-state index in [2.05, 4.69) is 29.7 Å². The number of amides is 1. The molecule has 3 heterocycles. The van der Waals surface area contributed by atoms with Crippen molar-refractivity contribution in [3.8, 4) is 17.2 Å². The van der Waals surface area contributed by atoms with Crippen LogP contribution >= 0.6 is 0 Å². The fraction of sp³-hybridized carbons (Fsp3) is 0.357. The summed E-state index contributed by atoms with van der Waals surface area (Å²) < 4.78 is 12.6. The van der Waals surface area contributed by atoms with Gasteiger partial charge in [-0.2, -0.15) is 5.10 Å². The summed E-state index contributed by atoms with van der Waals surface area (Å²) in [5.74, 6) is 2.74. The molecule has 0 radical (unpaired) electrons. The van der Waals surface area contributed by atoms with E-state index in [0.29, 0.717) is 22.9 Å². The molecule has 0 spiro atoms. The van der Waals surface area contributed by atoms with Crippen molar-refractivity contribution in [2.75, 3.05) is 12.1 Å². The van der Waals surface area contributed by atoms with Gasteiger partial charge >= 0.3 is 0 Å². The average Bonchev–Trinajstić information content (AvgIpc) is 3.49. The zero-order valence-electron chi connectivity index (χ0n) is 21.2. The normalized spacial score (nSPS) is 18.7. The minimum absolute atomic E-state index is 0.0815. The first-order chi connectivity index (χ1) is 17.9. The van der Waals surface area contributed by atoms with Gasteiger partial charge in [0.2, 0.25) is 6.79 Å². The first-order valence-corrected chi connectivity index (χ1v) is 12.7. The third-order valence-corrected chi connectivity index (χ3v) is 7.10. The van der Waals surface area contributed by atoms with E-state index in [0.717, 1.165) is 53.9 Å². The highest BCUT2D eigenvalue weighted by atomic mass is 16.7. The van der Waals surface area contributed by atoms with Crippen molar-refractivity contribution in [3.63, 3.8) is 0 Å². The van der Waals surface area contributed by atoms with Crippen molar-refractivity contribution < 1.29 is 14.3 Å². The Labute approximate surface area is 215 Å². The van der Waals surface area contributed by atoms with Crippen LogP contribution in [0.15, 0.2) is 42.5 Å². The maximum absolute atomic E-state index is 12.8. The molecule has 0 atom stereocenters. The molecule has 1 aliphatic carbocycles. The summed E-state index contributed by atoms with van der Waals surface area (Å²) in [6, 6.07) is 14.0. The lowest BCUT2D eigenvalue weighted by Gasteiger charge is -2.30. The zero-order chi connectivity index (χ0) is 25.5. The van der Waals surface area contributed by atoms with Crippen LogP contribution in [0.2, 0.25) is 0 Å². The third kappa shape index (κ3) is 4.57. The molecule has 9 nitrogen and oxygen atoms in total. The standard InChI is InChI=1S/C28H30N6O3/c1-16-5-4-6-22(13-16)34-27-25(17(2)33-34)26(29-18(3)30-27)31-20-8-10-21(11-9-20)32-28(35)19-7-12-23-24(14-19)37-15-36-23/h4-7,12-14,20-21H,8-11,15H2,1-3H3,(H,32,35)(H,29,30,31). The third-order valence-electron chi connectivity index (χ3n) is 7.10. The molecular formula is C28H30N6O3. The van der Waals surface area contributed by atoms with E-state index < -0.39 is 0 Å². The number of ether oxygens (including phenoxy) is 2. The first-order valence-electron chi connectivity index (χ1n) is 12.7. The minimum atomic E-state index is -0.0815. The Kier molecular flexibility index (Phi) is 5.90. The fourth-order valence-corrected chi connectivity index (χ4v) is 5.22. The highest BCUT2D eigenvalue weighted by Crippen LogP contribution is 2.33. The molecule has 1 amide bonds. The average molecular weight is 499 g/mol. The van der Waals surface area contributed by atoms with Gasteiger partial charge in [-0.1, -0.05) is 12.1 Å². The molecule has 0 unspecified atom stereocenters. The number of carbonyl (C=O) groups is 1. The Morgan fingerprint density at radius 1 is 0.946 bits per heavy atom. The van der Waals surface area contributed by atoms with Crippen molar-refractivity contribution in [2.45, 2.75) is 58.5 Å². The van der Waals surface area contributed by atoms with Crippen LogP contribution < -0.4 is 20.1 Å². The van der Waals surface area contributed by atoms with Crippen molar-refractivity contribution >= 4 is 22.8 Å². The fourth-order valence-electron chi connectivity index (χ4n) is 5.22.